The molecule has 9 heteroatoms. The average Bonchev–Trinajstić information content (AvgIpc) is 3.08. The van der Waals surface area contributed by atoms with Crippen molar-refractivity contribution < 1.29 is 33.7 Å². The number of carboxylic acids is 1. The molecule has 0 fully saturated rings. The first kappa shape index (κ1) is 22.8. The summed E-state index contributed by atoms with van der Waals surface area (Å²) in [6, 6.07) is 10.7. The Kier molecular flexibility index (Phi) is 6.15. The van der Waals surface area contributed by atoms with E-state index in [-0.39, 0.29) is 11.5 Å². The molecule has 2 aromatic carbocycles. The second-order valence-corrected chi connectivity index (χ2v) is 8.63. The minimum atomic E-state index is -1.12. The van der Waals surface area contributed by atoms with Crippen LogP contribution in [0.3, 0.4) is 0 Å². The van der Waals surface area contributed by atoms with Crippen LogP contribution in [-0.2, 0) is 14.3 Å². The van der Waals surface area contributed by atoms with Crippen LogP contribution in [0.15, 0.2) is 53.2 Å². The van der Waals surface area contributed by atoms with Crippen molar-refractivity contribution in [3.05, 3.63) is 73.5 Å². The molecule has 0 aromatic heterocycles. The van der Waals surface area contributed by atoms with Gasteiger partial charge < -0.3 is 24.6 Å². The lowest BCUT2D eigenvalue weighted by molar-refractivity contribution is -0.139. The van der Waals surface area contributed by atoms with E-state index in [0.717, 1.165) is 5.56 Å². The second kappa shape index (κ2) is 8.89. The van der Waals surface area contributed by atoms with E-state index in [1.165, 1.54) is 14.2 Å². The van der Waals surface area contributed by atoms with Gasteiger partial charge in [0.05, 0.1) is 29.1 Å². The number of methoxy groups -OCH3 is 2. The van der Waals surface area contributed by atoms with E-state index in [1.807, 2.05) is 34.7 Å². The molecule has 2 aromatic rings. The first-order chi connectivity index (χ1) is 15.8. The number of nitrogens with one attached hydrogen (secondary N) is 1. The largest absolute Gasteiger partial charge is 0.493 e. The highest BCUT2D eigenvalue weighted by Gasteiger charge is 2.43. The molecule has 2 N–H and O–H groups in total. The summed E-state index contributed by atoms with van der Waals surface area (Å²) in [5, 5.41) is 12.2. The number of hydrogen-bond acceptors (Lipinski definition) is 7. The number of dihydropyridines is 1. The number of fused-ring (bicyclic) bond motifs is 2. The van der Waals surface area contributed by atoms with Crippen LogP contribution in [0.5, 0.6) is 11.5 Å². The fourth-order valence-electron chi connectivity index (χ4n) is 4.22. The molecule has 0 spiro atoms. The van der Waals surface area contributed by atoms with E-state index >= 15 is 0 Å². The number of carbonyl (C=O) groups is 3. The fourth-order valence-corrected chi connectivity index (χ4v) is 5.00. The third kappa shape index (κ3) is 3.86. The molecule has 1 atom stereocenters. The van der Waals surface area contributed by atoms with Gasteiger partial charge in [0, 0.05) is 28.3 Å². The number of halogens is 1. The van der Waals surface area contributed by atoms with Crippen LogP contribution in [0.4, 0.5) is 0 Å². The van der Waals surface area contributed by atoms with Crippen molar-refractivity contribution in [2.75, 3.05) is 20.8 Å². The van der Waals surface area contributed by atoms with Crippen molar-refractivity contribution in [3.63, 3.8) is 0 Å². The van der Waals surface area contributed by atoms with Gasteiger partial charge in [-0.25, -0.2) is 9.59 Å². The summed E-state index contributed by atoms with van der Waals surface area (Å²) in [7, 11) is 2.73. The number of esters is 1. The van der Waals surface area contributed by atoms with Gasteiger partial charge in [0.1, 0.15) is 0 Å². The Bertz CT molecular complexity index is 1260. The molecule has 0 bridgehead atoms. The predicted octanol–water partition coefficient (Wildman–Crippen LogP) is 3.50. The van der Waals surface area contributed by atoms with E-state index in [2.05, 4.69) is 5.32 Å². The summed E-state index contributed by atoms with van der Waals surface area (Å²) in [4.78, 5) is 37.3. The summed E-state index contributed by atoms with van der Waals surface area (Å²) in [6.07, 6.45) is 0. The molecule has 33 heavy (non-hydrogen) atoms. The Morgan fingerprint density at radius 3 is 2.48 bits per heavy atom. The lowest BCUT2D eigenvalue weighted by Gasteiger charge is -2.29. The third-order valence-corrected chi connectivity index (χ3v) is 6.38. The highest BCUT2D eigenvalue weighted by atomic mass is 127. The number of benzene rings is 2. The van der Waals surface area contributed by atoms with Crippen molar-refractivity contribution in [2.45, 2.75) is 12.8 Å². The molecule has 2 aliphatic rings. The second-order valence-electron chi connectivity index (χ2n) is 7.47. The number of aliphatic carboxylic acids is 1. The fraction of sp³-hybridized carbons (Fsp3) is 0.208. The summed E-state index contributed by atoms with van der Waals surface area (Å²) in [6.45, 7) is 1.23. The Labute approximate surface area is 203 Å². The Balaban J connectivity index is 1.92. The van der Waals surface area contributed by atoms with Crippen LogP contribution in [0.2, 0.25) is 0 Å². The molecule has 0 saturated carbocycles. The maximum atomic E-state index is 13.5. The molecule has 0 radical (unpaired) electrons. The number of carbonyl (C=O) groups excluding carboxylic acids is 2. The van der Waals surface area contributed by atoms with Crippen LogP contribution >= 0.6 is 22.6 Å². The van der Waals surface area contributed by atoms with Crippen molar-refractivity contribution in [3.8, 4) is 11.5 Å². The van der Waals surface area contributed by atoms with Crippen molar-refractivity contribution >= 4 is 46.0 Å². The molecule has 4 rings (SSSR count). The number of carboxylic acid groups (broad SMARTS) is 1. The molecular formula is C24H20INO7. The number of allylic oxidation sites excluding steroid dienone is 2. The first-order valence-corrected chi connectivity index (χ1v) is 11.0. The normalized spacial score (nSPS) is 16.7. The maximum absolute atomic E-state index is 13.5. The molecule has 0 amide bonds. The highest BCUT2D eigenvalue weighted by Crippen LogP contribution is 2.48. The van der Waals surface area contributed by atoms with Crippen LogP contribution in [-0.4, -0.2) is 43.7 Å². The van der Waals surface area contributed by atoms with Gasteiger partial charge in [0.2, 0.25) is 0 Å². The molecule has 0 saturated heterocycles. The lowest BCUT2D eigenvalue weighted by Crippen LogP contribution is -2.29. The summed E-state index contributed by atoms with van der Waals surface area (Å²) in [5.74, 6) is -2.00. The number of ether oxygens (including phenoxy) is 3. The van der Waals surface area contributed by atoms with Crippen LogP contribution in [0, 0.1) is 3.57 Å². The Morgan fingerprint density at radius 2 is 1.85 bits per heavy atom. The molecule has 1 heterocycles. The molecular weight excluding hydrogens is 541 g/mol. The van der Waals surface area contributed by atoms with Gasteiger partial charge in [-0.2, -0.15) is 0 Å². The summed E-state index contributed by atoms with van der Waals surface area (Å²) >= 11 is 2.02. The number of hydrogen-bond donors (Lipinski definition) is 2. The topological polar surface area (TPSA) is 111 Å². The van der Waals surface area contributed by atoms with Crippen LogP contribution in [0.25, 0.3) is 5.70 Å². The minimum Gasteiger partial charge on any atom is -0.493 e. The van der Waals surface area contributed by atoms with Gasteiger partial charge in [-0.15, -0.1) is 0 Å². The minimum absolute atomic E-state index is 0.174. The summed E-state index contributed by atoms with van der Waals surface area (Å²) in [5.41, 5.74) is 3.94. The quantitative estimate of drug-likeness (QED) is 0.408. The summed E-state index contributed by atoms with van der Waals surface area (Å²) < 4.78 is 16.5. The third-order valence-electron chi connectivity index (χ3n) is 5.58. The molecule has 1 aliphatic carbocycles. The van der Waals surface area contributed by atoms with E-state index in [1.54, 1.807) is 31.2 Å². The maximum Gasteiger partial charge on any atom is 0.341 e. The van der Waals surface area contributed by atoms with Gasteiger partial charge in [-0.3, -0.25) is 4.79 Å². The van der Waals surface area contributed by atoms with E-state index in [4.69, 9.17) is 19.3 Å². The van der Waals surface area contributed by atoms with Gasteiger partial charge in [0.25, 0.3) is 0 Å². The highest BCUT2D eigenvalue weighted by molar-refractivity contribution is 14.1. The van der Waals surface area contributed by atoms with Gasteiger partial charge >= 0.3 is 11.9 Å². The van der Waals surface area contributed by atoms with E-state index < -0.39 is 24.5 Å². The molecule has 170 valence electrons. The van der Waals surface area contributed by atoms with Gasteiger partial charge in [-0.05, 0) is 47.2 Å². The smallest absolute Gasteiger partial charge is 0.341 e. The van der Waals surface area contributed by atoms with E-state index in [9.17, 15) is 14.4 Å². The zero-order chi connectivity index (χ0) is 23.9. The van der Waals surface area contributed by atoms with Crippen molar-refractivity contribution in [2.24, 2.45) is 0 Å². The number of ketones is 1. The Morgan fingerprint density at radius 1 is 1.15 bits per heavy atom. The lowest BCUT2D eigenvalue weighted by atomic mass is 9.79. The van der Waals surface area contributed by atoms with Gasteiger partial charge in [-0.1, -0.05) is 24.3 Å². The SMILES string of the molecule is COC(=O)C1=C(C)NC2=C(C(=O)c3ccccc32)[C@@H]1c1cc(I)c(OCC(=O)O)c(OC)c1. The van der Waals surface area contributed by atoms with E-state index in [0.29, 0.717) is 43.0 Å². The monoisotopic (exact) mass is 561 g/mol. The molecule has 8 nitrogen and oxygen atoms in total. The van der Waals surface area contributed by atoms with Crippen molar-refractivity contribution in [1.82, 2.24) is 5.32 Å². The zero-order valence-electron chi connectivity index (χ0n) is 18.0. The zero-order valence-corrected chi connectivity index (χ0v) is 20.2. The Hall–Kier alpha value is -3.34. The van der Waals surface area contributed by atoms with Crippen molar-refractivity contribution in [1.29, 1.82) is 0 Å². The average molecular weight is 561 g/mol. The molecule has 1 aliphatic heterocycles. The standard InChI is InChI=1S/C24H20INO7/c1-11-18(24(30)32-3)19(20-21(26-11)13-6-4-5-7-14(13)22(20)29)12-8-15(25)23(16(9-12)31-2)33-10-17(27)28/h4-9,19,26H,10H2,1-3H3,(H,27,28)/t19-/m1/s1. The predicted molar refractivity (Wildman–Crippen MR) is 127 cm³/mol. The number of rotatable bonds is 6. The van der Waals surface area contributed by atoms with Crippen LogP contribution in [0.1, 0.15) is 34.3 Å². The van der Waals surface area contributed by atoms with Gasteiger partial charge in [0.15, 0.2) is 23.9 Å². The molecule has 0 unspecified atom stereocenters. The first-order valence-electron chi connectivity index (χ1n) is 9.94. The van der Waals surface area contributed by atoms with Crippen LogP contribution < -0.4 is 14.8 Å². The number of Topliss-reactive ketones (excluding diaryl/α,β-unsaturated/α-hetero) is 1.